The summed E-state index contributed by atoms with van der Waals surface area (Å²) in [6.07, 6.45) is 2.00. The van der Waals surface area contributed by atoms with Gasteiger partial charge in [-0.1, -0.05) is 138 Å². The second-order valence-corrected chi connectivity index (χ2v) is 13.1. The van der Waals surface area contributed by atoms with Gasteiger partial charge in [0.2, 0.25) is 0 Å². The molecule has 0 aliphatic carbocycles. The predicted octanol–water partition coefficient (Wildman–Crippen LogP) is 4.62. The first kappa shape index (κ1) is 22.9. The molecule has 178 valence electrons. The molecule has 4 heteroatoms. The van der Waals surface area contributed by atoms with Gasteiger partial charge in [-0.15, -0.1) is 5.10 Å². The van der Waals surface area contributed by atoms with Gasteiger partial charge in [0.15, 0.2) is 8.07 Å². The van der Waals surface area contributed by atoms with Crippen LogP contribution in [0.2, 0.25) is 0 Å². The van der Waals surface area contributed by atoms with Crippen LogP contribution in [0, 0.1) is 6.92 Å². The highest BCUT2D eigenvalue weighted by Gasteiger charge is 2.41. The Balaban J connectivity index is 1.48. The van der Waals surface area contributed by atoms with E-state index >= 15 is 0 Å². The average molecular weight is 494 g/mol. The molecule has 0 atom stereocenters. The molecule has 0 N–H and O–H groups in total. The summed E-state index contributed by atoms with van der Waals surface area (Å²) < 4.78 is 1.83. The summed E-state index contributed by atoms with van der Waals surface area (Å²) in [4.78, 5) is 0. The molecule has 0 saturated heterocycles. The SMILES string of the molecule is Cc1ccc(-n2cc(-c3ccc([Si](c4ccccc4)(c4ccccc4)c4ccccc4)cc3)nn2)cc1. The molecule has 5 aromatic carbocycles. The normalized spacial score (nSPS) is 11.4. The van der Waals surface area contributed by atoms with Crippen molar-refractivity contribution in [2.45, 2.75) is 6.92 Å². The van der Waals surface area contributed by atoms with E-state index in [1.54, 1.807) is 0 Å². The quantitative estimate of drug-likeness (QED) is 0.250. The smallest absolute Gasteiger partial charge is 0.179 e. The summed E-state index contributed by atoms with van der Waals surface area (Å²) in [6.45, 7) is 2.09. The molecule has 6 aromatic rings. The Morgan fingerprint density at radius 3 is 1.46 bits per heavy atom. The third-order valence-corrected chi connectivity index (χ3v) is 11.8. The summed E-state index contributed by atoms with van der Waals surface area (Å²) >= 11 is 0. The van der Waals surface area contributed by atoms with Gasteiger partial charge in [0.05, 0.1) is 11.9 Å². The van der Waals surface area contributed by atoms with E-state index in [4.69, 9.17) is 0 Å². The third kappa shape index (κ3) is 4.22. The van der Waals surface area contributed by atoms with E-state index < -0.39 is 8.07 Å². The summed E-state index contributed by atoms with van der Waals surface area (Å²) in [5, 5.41) is 14.3. The van der Waals surface area contributed by atoms with Crippen molar-refractivity contribution in [2.24, 2.45) is 0 Å². The maximum absolute atomic E-state index is 4.48. The second-order valence-electron chi connectivity index (χ2n) is 9.31. The van der Waals surface area contributed by atoms with E-state index in [1.165, 1.54) is 26.3 Å². The first-order valence-corrected chi connectivity index (χ1v) is 14.5. The lowest BCUT2D eigenvalue weighted by Crippen LogP contribution is -2.74. The van der Waals surface area contributed by atoms with E-state index in [9.17, 15) is 0 Å². The fourth-order valence-electron chi connectivity index (χ4n) is 5.18. The molecule has 1 heterocycles. The average Bonchev–Trinajstić information content (AvgIpc) is 3.47. The van der Waals surface area contributed by atoms with Crippen molar-refractivity contribution in [3.8, 4) is 16.9 Å². The Kier molecular flexibility index (Phi) is 6.09. The zero-order valence-electron chi connectivity index (χ0n) is 20.7. The lowest BCUT2D eigenvalue weighted by molar-refractivity contribution is 0.803. The van der Waals surface area contributed by atoms with Gasteiger partial charge in [0.1, 0.15) is 5.69 Å². The number of aryl methyl sites for hydroxylation is 1. The number of aromatic nitrogens is 3. The largest absolute Gasteiger partial charge is 0.220 e. The molecule has 6 rings (SSSR count). The number of hydrogen-bond acceptors (Lipinski definition) is 2. The minimum atomic E-state index is -2.52. The van der Waals surface area contributed by atoms with Crippen LogP contribution in [0.4, 0.5) is 0 Å². The van der Waals surface area contributed by atoms with Crippen LogP contribution in [0.1, 0.15) is 5.56 Å². The van der Waals surface area contributed by atoms with Gasteiger partial charge in [-0.3, -0.25) is 0 Å². The van der Waals surface area contributed by atoms with Crippen LogP contribution in [0.15, 0.2) is 146 Å². The maximum atomic E-state index is 4.48. The highest BCUT2D eigenvalue weighted by atomic mass is 28.3. The molecule has 0 amide bonds. The Labute approximate surface area is 218 Å². The molecule has 37 heavy (non-hydrogen) atoms. The molecular weight excluding hydrogens is 466 g/mol. The van der Waals surface area contributed by atoms with E-state index in [0.29, 0.717) is 0 Å². The minimum absolute atomic E-state index is 0.860. The zero-order chi connectivity index (χ0) is 25.1. The first-order valence-electron chi connectivity index (χ1n) is 12.5. The van der Waals surface area contributed by atoms with Crippen molar-refractivity contribution in [2.75, 3.05) is 0 Å². The van der Waals surface area contributed by atoms with Gasteiger partial charge < -0.3 is 0 Å². The van der Waals surface area contributed by atoms with Crippen molar-refractivity contribution in [3.63, 3.8) is 0 Å². The summed E-state index contributed by atoms with van der Waals surface area (Å²) in [7, 11) is -2.52. The molecule has 0 aliphatic rings. The molecule has 0 spiro atoms. The predicted molar refractivity (Wildman–Crippen MR) is 155 cm³/mol. The van der Waals surface area contributed by atoms with Gasteiger partial charge in [-0.2, -0.15) is 0 Å². The van der Waals surface area contributed by atoms with Crippen molar-refractivity contribution >= 4 is 28.8 Å². The summed E-state index contributed by atoms with van der Waals surface area (Å²) in [5.41, 5.74) is 4.14. The van der Waals surface area contributed by atoms with E-state index in [0.717, 1.165) is 16.9 Å². The van der Waals surface area contributed by atoms with Crippen molar-refractivity contribution < 1.29 is 0 Å². The highest BCUT2D eigenvalue weighted by Crippen LogP contribution is 2.19. The number of rotatable bonds is 6. The van der Waals surface area contributed by atoms with Crippen LogP contribution in [-0.4, -0.2) is 23.1 Å². The fraction of sp³-hybridized carbons (Fsp3) is 0.0303. The van der Waals surface area contributed by atoms with Crippen LogP contribution in [0.25, 0.3) is 16.9 Å². The van der Waals surface area contributed by atoms with Crippen LogP contribution in [0.5, 0.6) is 0 Å². The maximum Gasteiger partial charge on any atom is 0.179 e. The molecule has 1 aromatic heterocycles. The molecule has 0 radical (unpaired) electrons. The highest BCUT2D eigenvalue weighted by molar-refractivity contribution is 7.19. The van der Waals surface area contributed by atoms with Crippen molar-refractivity contribution in [1.82, 2.24) is 15.0 Å². The Bertz CT molecular complexity index is 1500. The molecule has 0 aliphatic heterocycles. The van der Waals surface area contributed by atoms with Crippen LogP contribution in [-0.2, 0) is 0 Å². The monoisotopic (exact) mass is 493 g/mol. The first-order chi connectivity index (χ1) is 18.2. The minimum Gasteiger partial charge on any atom is -0.220 e. The van der Waals surface area contributed by atoms with Gasteiger partial charge in [0, 0.05) is 5.56 Å². The lowest BCUT2D eigenvalue weighted by atomic mass is 10.2. The fourth-order valence-corrected chi connectivity index (χ4v) is 9.92. The number of nitrogens with zero attached hydrogens (tertiary/aromatic N) is 3. The topological polar surface area (TPSA) is 30.7 Å². The van der Waals surface area contributed by atoms with Crippen molar-refractivity contribution in [1.29, 1.82) is 0 Å². The number of benzene rings is 5. The Morgan fingerprint density at radius 1 is 0.514 bits per heavy atom. The van der Waals surface area contributed by atoms with Crippen molar-refractivity contribution in [3.05, 3.63) is 151 Å². The van der Waals surface area contributed by atoms with Gasteiger partial charge >= 0.3 is 0 Å². The lowest BCUT2D eigenvalue weighted by Gasteiger charge is -2.34. The van der Waals surface area contributed by atoms with Gasteiger partial charge in [-0.05, 0) is 39.8 Å². The molecule has 0 saturated carbocycles. The van der Waals surface area contributed by atoms with Gasteiger partial charge in [0.25, 0.3) is 0 Å². The Morgan fingerprint density at radius 2 is 0.973 bits per heavy atom. The summed E-state index contributed by atoms with van der Waals surface area (Å²) in [6, 6.07) is 50.2. The summed E-state index contributed by atoms with van der Waals surface area (Å²) in [5.74, 6) is 0. The van der Waals surface area contributed by atoms with E-state index in [-0.39, 0.29) is 0 Å². The zero-order valence-corrected chi connectivity index (χ0v) is 21.7. The van der Waals surface area contributed by atoms with E-state index in [1.807, 2.05) is 10.9 Å². The second kappa shape index (κ2) is 9.84. The van der Waals surface area contributed by atoms with E-state index in [2.05, 4.69) is 157 Å². The van der Waals surface area contributed by atoms with Gasteiger partial charge in [-0.25, -0.2) is 4.68 Å². The number of hydrogen-bond donors (Lipinski definition) is 0. The molecule has 0 bridgehead atoms. The molecule has 3 nitrogen and oxygen atoms in total. The van der Waals surface area contributed by atoms with Crippen LogP contribution >= 0.6 is 0 Å². The third-order valence-electron chi connectivity index (χ3n) is 7.03. The standard InChI is InChI=1S/C33H27N3Si/c1-26-17-21-28(22-18-26)36-25-33(34-35-36)27-19-23-32(24-20-27)37(29-11-5-2-6-12-29,30-13-7-3-8-14-30)31-15-9-4-10-16-31/h2-25H,1H3. The van der Waals surface area contributed by atoms with Crippen LogP contribution < -0.4 is 20.7 Å². The molecule has 0 unspecified atom stereocenters. The molecule has 0 fully saturated rings. The molecular formula is C33H27N3Si. The Hall–Kier alpha value is -4.54. The van der Waals surface area contributed by atoms with Crippen LogP contribution in [0.3, 0.4) is 0 Å².